The van der Waals surface area contributed by atoms with Gasteiger partial charge in [-0.05, 0) is 25.5 Å². The predicted octanol–water partition coefficient (Wildman–Crippen LogP) is 2.86. The van der Waals surface area contributed by atoms with Crippen molar-refractivity contribution in [2.75, 3.05) is 5.43 Å². The van der Waals surface area contributed by atoms with Crippen LogP contribution in [0.25, 0.3) is 10.9 Å². The predicted molar refractivity (Wildman–Crippen MR) is 96.0 cm³/mol. The molecule has 0 saturated carbocycles. The molecule has 1 N–H and O–H groups in total. The van der Waals surface area contributed by atoms with Crippen molar-refractivity contribution in [3.63, 3.8) is 0 Å². The van der Waals surface area contributed by atoms with Crippen molar-refractivity contribution in [2.24, 2.45) is 0 Å². The Kier molecular flexibility index (Phi) is 5.57. The molecule has 154 valence electrons. The molecule has 3 aromatic rings. The molecule has 0 radical (unpaired) electrons. The molecule has 0 unspecified atom stereocenters. The minimum atomic E-state index is -4.86. The molecule has 1 aromatic carbocycles. The van der Waals surface area contributed by atoms with Crippen LogP contribution in [-0.4, -0.2) is 27.1 Å². The molecule has 29 heavy (non-hydrogen) atoms. The van der Waals surface area contributed by atoms with Gasteiger partial charge in [0.05, 0.1) is 23.0 Å². The second-order valence-electron chi connectivity index (χ2n) is 6.29. The summed E-state index contributed by atoms with van der Waals surface area (Å²) >= 11 is 0. The Morgan fingerprint density at radius 3 is 2.69 bits per heavy atom. The molecule has 0 bridgehead atoms. The number of halogens is 3. The summed E-state index contributed by atoms with van der Waals surface area (Å²) < 4.78 is 47.2. The molecule has 2 aromatic heterocycles. The highest BCUT2D eigenvalue weighted by Gasteiger charge is 2.31. The maximum Gasteiger partial charge on any atom is 0.573 e. The van der Waals surface area contributed by atoms with Crippen molar-refractivity contribution >= 4 is 16.8 Å². The van der Waals surface area contributed by atoms with Crippen molar-refractivity contribution in [1.29, 1.82) is 0 Å². The lowest BCUT2D eigenvalue weighted by molar-refractivity contribution is -0.274. The van der Waals surface area contributed by atoms with Crippen LogP contribution >= 0.6 is 0 Å². The first-order valence-electron chi connectivity index (χ1n) is 8.69. The van der Waals surface area contributed by atoms with Gasteiger partial charge in [-0.25, -0.2) is 9.66 Å². The van der Waals surface area contributed by atoms with E-state index in [1.54, 1.807) is 13.0 Å². The highest BCUT2D eigenvalue weighted by Crippen LogP contribution is 2.25. The zero-order valence-electron chi connectivity index (χ0n) is 15.5. The fourth-order valence-electron chi connectivity index (χ4n) is 2.74. The number of aromatic nitrogens is 3. The number of alkyl halides is 3. The van der Waals surface area contributed by atoms with Gasteiger partial charge < -0.3 is 9.26 Å². The van der Waals surface area contributed by atoms with Gasteiger partial charge in [0.15, 0.2) is 0 Å². The fourth-order valence-corrected chi connectivity index (χ4v) is 2.74. The topological polar surface area (TPSA) is 99.2 Å². The maximum atomic E-state index is 12.8. The molecular weight excluding hydrogens is 393 g/mol. The first-order valence-corrected chi connectivity index (χ1v) is 8.69. The van der Waals surface area contributed by atoms with E-state index < -0.39 is 23.6 Å². The molecule has 2 heterocycles. The van der Waals surface area contributed by atoms with Gasteiger partial charge in [-0.2, -0.15) is 0 Å². The summed E-state index contributed by atoms with van der Waals surface area (Å²) in [7, 11) is 0. The van der Waals surface area contributed by atoms with Crippen LogP contribution in [0.5, 0.6) is 5.75 Å². The van der Waals surface area contributed by atoms with Gasteiger partial charge in [-0.1, -0.05) is 12.1 Å². The summed E-state index contributed by atoms with van der Waals surface area (Å²) in [4.78, 5) is 29.4. The molecule has 0 aliphatic rings. The molecule has 0 atom stereocenters. The van der Waals surface area contributed by atoms with E-state index in [2.05, 4.69) is 20.3 Å². The van der Waals surface area contributed by atoms with Crippen LogP contribution in [-0.2, 0) is 17.6 Å². The minimum absolute atomic E-state index is 0.0372. The third-order valence-electron chi connectivity index (χ3n) is 3.87. The molecule has 3 rings (SSSR count). The van der Waals surface area contributed by atoms with Gasteiger partial charge in [0.2, 0.25) is 5.91 Å². The SMILES string of the molecule is CCCc1nc2cc(OC(F)(F)F)ccc2c(=O)n1NC(=O)Cc1cc(C)no1. The number of carbonyl (C=O) groups excluding carboxylic acids is 1. The summed E-state index contributed by atoms with van der Waals surface area (Å²) in [5.74, 6) is -0.482. The summed E-state index contributed by atoms with van der Waals surface area (Å²) in [6.45, 7) is 3.54. The Labute approximate surface area is 162 Å². The molecule has 0 spiro atoms. The summed E-state index contributed by atoms with van der Waals surface area (Å²) in [6.07, 6.45) is -4.09. The second kappa shape index (κ2) is 7.94. The minimum Gasteiger partial charge on any atom is -0.406 e. The first kappa shape index (κ1) is 20.4. The molecule has 1 amide bonds. The fraction of sp³-hybridized carbons (Fsp3) is 0.333. The van der Waals surface area contributed by atoms with E-state index in [4.69, 9.17) is 4.52 Å². The smallest absolute Gasteiger partial charge is 0.406 e. The largest absolute Gasteiger partial charge is 0.573 e. The summed E-state index contributed by atoms with van der Waals surface area (Å²) in [5.41, 5.74) is 2.51. The number of nitrogens with one attached hydrogen (secondary N) is 1. The lowest BCUT2D eigenvalue weighted by Gasteiger charge is -2.14. The van der Waals surface area contributed by atoms with Crippen LogP contribution < -0.4 is 15.7 Å². The average molecular weight is 410 g/mol. The van der Waals surface area contributed by atoms with Crippen molar-refractivity contribution in [1.82, 2.24) is 14.8 Å². The molecule has 0 aliphatic heterocycles. The first-order chi connectivity index (χ1) is 13.7. The van der Waals surface area contributed by atoms with Gasteiger partial charge >= 0.3 is 6.36 Å². The average Bonchev–Trinajstić information content (AvgIpc) is 3.01. The van der Waals surface area contributed by atoms with Gasteiger partial charge in [0.1, 0.15) is 17.3 Å². The highest BCUT2D eigenvalue weighted by molar-refractivity contribution is 5.86. The number of hydrogen-bond donors (Lipinski definition) is 1. The zero-order chi connectivity index (χ0) is 21.2. The van der Waals surface area contributed by atoms with E-state index in [0.717, 1.165) is 16.8 Å². The van der Waals surface area contributed by atoms with E-state index in [9.17, 15) is 22.8 Å². The van der Waals surface area contributed by atoms with E-state index in [0.29, 0.717) is 24.3 Å². The van der Waals surface area contributed by atoms with E-state index in [-0.39, 0.29) is 23.1 Å². The number of amides is 1. The molecule has 0 saturated heterocycles. The lowest BCUT2D eigenvalue weighted by atomic mass is 10.2. The number of aryl methyl sites for hydroxylation is 2. The van der Waals surface area contributed by atoms with Crippen LogP contribution in [0, 0.1) is 6.92 Å². The van der Waals surface area contributed by atoms with Crippen molar-refractivity contribution < 1.29 is 27.2 Å². The van der Waals surface area contributed by atoms with E-state index in [1.807, 2.05) is 6.92 Å². The Hall–Kier alpha value is -3.37. The van der Waals surface area contributed by atoms with Crippen molar-refractivity contribution in [2.45, 2.75) is 39.5 Å². The number of nitrogens with zero attached hydrogens (tertiary/aromatic N) is 3. The van der Waals surface area contributed by atoms with Gasteiger partial charge in [-0.3, -0.25) is 15.0 Å². The Morgan fingerprint density at radius 1 is 1.31 bits per heavy atom. The molecule has 0 aliphatic carbocycles. The number of benzene rings is 1. The Morgan fingerprint density at radius 2 is 2.07 bits per heavy atom. The third kappa shape index (κ3) is 4.92. The number of carbonyl (C=O) groups is 1. The van der Waals surface area contributed by atoms with E-state index in [1.165, 1.54) is 6.07 Å². The van der Waals surface area contributed by atoms with Gasteiger partial charge in [0, 0.05) is 18.6 Å². The second-order valence-corrected chi connectivity index (χ2v) is 6.29. The van der Waals surface area contributed by atoms with Crippen LogP contribution in [0.2, 0.25) is 0 Å². The van der Waals surface area contributed by atoms with Crippen molar-refractivity contribution in [3.8, 4) is 5.75 Å². The Bertz CT molecular complexity index is 1100. The third-order valence-corrected chi connectivity index (χ3v) is 3.87. The normalized spacial score (nSPS) is 11.6. The van der Waals surface area contributed by atoms with E-state index >= 15 is 0 Å². The van der Waals surface area contributed by atoms with Crippen molar-refractivity contribution in [3.05, 3.63) is 51.9 Å². The molecular formula is C18H17F3N4O4. The summed E-state index contributed by atoms with van der Waals surface area (Å²) in [5, 5.41) is 3.73. The molecule has 0 fully saturated rings. The number of hydrogen-bond acceptors (Lipinski definition) is 6. The van der Waals surface area contributed by atoms with Gasteiger partial charge in [-0.15, -0.1) is 13.2 Å². The standard InChI is InChI=1S/C18H17F3N4O4/c1-3-4-15-22-14-8-11(28-18(19,20)21)5-6-13(14)17(27)25(15)23-16(26)9-12-7-10(2)24-29-12/h5-8H,3-4,9H2,1-2H3,(H,23,26). The Balaban J connectivity index is 1.96. The number of ether oxygens (including phenoxy) is 1. The van der Waals surface area contributed by atoms with Crippen LogP contribution in [0.15, 0.2) is 33.6 Å². The maximum absolute atomic E-state index is 12.8. The van der Waals surface area contributed by atoms with Gasteiger partial charge in [0.25, 0.3) is 5.56 Å². The van der Waals surface area contributed by atoms with Crippen LogP contribution in [0.3, 0.4) is 0 Å². The lowest BCUT2D eigenvalue weighted by Crippen LogP contribution is -2.37. The number of rotatable bonds is 6. The molecule has 11 heteroatoms. The monoisotopic (exact) mass is 410 g/mol. The zero-order valence-corrected chi connectivity index (χ0v) is 15.5. The van der Waals surface area contributed by atoms with Crippen LogP contribution in [0.4, 0.5) is 13.2 Å². The van der Waals surface area contributed by atoms with Crippen LogP contribution in [0.1, 0.15) is 30.6 Å². The highest BCUT2D eigenvalue weighted by atomic mass is 19.4. The number of fused-ring (bicyclic) bond motifs is 1. The summed E-state index contributed by atoms with van der Waals surface area (Å²) in [6, 6.07) is 4.81. The molecule has 8 nitrogen and oxygen atoms in total. The quantitative estimate of drug-likeness (QED) is 0.671.